The lowest BCUT2D eigenvalue weighted by Crippen LogP contribution is -2.14. The highest BCUT2D eigenvalue weighted by Gasteiger charge is 2.18. The first-order valence-corrected chi connectivity index (χ1v) is 7.83. The molecule has 0 spiro atoms. The van der Waals surface area contributed by atoms with Gasteiger partial charge in [-0.25, -0.2) is 13.2 Å². The fraction of sp³-hybridized carbons (Fsp3) is 0.417. The van der Waals surface area contributed by atoms with E-state index in [0.717, 1.165) is 0 Å². The number of esters is 1. The zero-order chi connectivity index (χ0) is 13.9. The van der Waals surface area contributed by atoms with E-state index in [1.165, 1.54) is 18.2 Å². The summed E-state index contributed by atoms with van der Waals surface area (Å²) in [6.45, 7) is 5.27. The lowest BCUT2D eigenvalue weighted by atomic mass is 10.1. The van der Waals surface area contributed by atoms with Crippen LogP contribution in [0.15, 0.2) is 23.1 Å². The van der Waals surface area contributed by atoms with Crippen molar-refractivity contribution < 1.29 is 17.9 Å². The summed E-state index contributed by atoms with van der Waals surface area (Å²) >= 11 is 0. The van der Waals surface area contributed by atoms with Crippen LogP contribution in [0, 0.1) is 6.92 Å². The van der Waals surface area contributed by atoms with Gasteiger partial charge in [-0.2, -0.15) is 0 Å². The molecule has 1 atom stereocenters. The maximum Gasteiger partial charge on any atom is 0.338 e. The largest absolute Gasteiger partial charge is 0.459 e. The molecule has 4 nitrogen and oxygen atoms in total. The van der Waals surface area contributed by atoms with Crippen molar-refractivity contribution in [2.45, 2.75) is 38.2 Å². The molecule has 0 saturated carbocycles. The maximum absolute atomic E-state index is 11.7. The molecule has 0 aliphatic heterocycles. The van der Waals surface area contributed by atoms with Crippen LogP contribution in [-0.4, -0.2) is 20.5 Å². The van der Waals surface area contributed by atoms with Gasteiger partial charge in [0.05, 0.1) is 16.6 Å². The van der Waals surface area contributed by atoms with Crippen molar-refractivity contribution in [2.75, 3.05) is 0 Å². The number of rotatable bonds is 4. The van der Waals surface area contributed by atoms with Crippen LogP contribution in [0.2, 0.25) is 0 Å². The van der Waals surface area contributed by atoms with Gasteiger partial charge in [0.2, 0.25) is 0 Å². The summed E-state index contributed by atoms with van der Waals surface area (Å²) in [5, 5.41) is 0. The smallest absolute Gasteiger partial charge is 0.338 e. The average Bonchev–Trinajstić information content (AvgIpc) is 2.27. The molecule has 1 aromatic rings. The predicted molar refractivity (Wildman–Crippen MR) is 69.4 cm³/mol. The van der Waals surface area contributed by atoms with Crippen LogP contribution in [0.5, 0.6) is 0 Å². The number of ether oxygens (including phenoxy) is 1. The van der Waals surface area contributed by atoms with E-state index in [1.807, 2.05) is 6.92 Å². The first-order valence-electron chi connectivity index (χ1n) is 5.52. The second-order valence-corrected chi connectivity index (χ2v) is 6.58. The van der Waals surface area contributed by atoms with Crippen LogP contribution in [0.1, 0.15) is 36.2 Å². The number of hydrogen-bond acceptors (Lipinski definition) is 4. The second kappa shape index (κ2) is 5.71. The molecule has 0 heterocycles. The molecule has 1 unspecified atom stereocenters. The van der Waals surface area contributed by atoms with Gasteiger partial charge in [-0.15, -0.1) is 0 Å². The van der Waals surface area contributed by atoms with Crippen LogP contribution >= 0.6 is 10.7 Å². The summed E-state index contributed by atoms with van der Waals surface area (Å²) in [7, 11) is 1.43. The molecule has 1 aromatic carbocycles. The second-order valence-electron chi connectivity index (χ2n) is 4.04. The highest BCUT2D eigenvalue weighted by Crippen LogP contribution is 2.21. The Hall–Kier alpha value is -1.07. The fourth-order valence-electron chi connectivity index (χ4n) is 1.32. The zero-order valence-corrected chi connectivity index (χ0v) is 12.0. The Kier molecular flexibility index (Phi) is 4.76. The van der Waals surface area contributed by atoms with E-state index in [1.54, 1.807) is 13.8 Å². The van der Waals surface area contributed by atoms with E-state index >= 15 is 0 Å². The Balaban J connectivity index is 3.10. The van der Waals surface area contributed by atoms with Gasteiger partial charge in [-0.3, -0.25) is 0 Å². The van der Waals surface area contributed by atoms with Gasteiger partial charge >= 0.3 is 5.97 Å². The van der Waals surface area contributed by atoms with E-state index in [2.05, 4.69) is 0 Å². The Morgan fingerprint density at radius 3 is 2.56 bits per heavy atom. The minimum Gasteiger partial charge on any atom is -0.459 e. The highest BCUT2D eigenvalue weighted by molar-refractivity contribution is 8.13. The van der Waals surface area contributed by atoms with Crippen molar-refractivity contribution in [3.63, 3.8) is 0 Å². The summed E-state index contributed by atoms with van der Waals surface area (Å²) in [6, 6.07) is 4.29. The van der Waals surface area contributed by atoms with E-state index in [0.29, 0.717) is 12.0 Å². The van der Waals surface area contributed by atoms with Crippen LogP contribution < -0.4 is 0 Å². The Morgan fingerprint density at radius 1 is 1.44 bits per heavy atom. The number of benzene rings is 1. The van der Waals surface area contributed by atoms with Crippen molar-refractivity contribution in [3.8, 4) is 0 Å². The molecule has 0 N–H and O–H groups in total. The van der Waals surface area contributed by atoms with Gasteiger partial charge in [-0.05, 0) is 38.0 Å². The number of halogens is 1. The number of hydrogen-bond donors (Lipinski definition) is 0. The van der Waals surface area contributed by atoms with Crippen molar-refractivity contribution >= 4 is 25.7 Å². The van der Waals surface area contributed by atoms with Crippen molar-refractivity contribution in [1.29, 1.82) is 0 Å². The molecule has 0 bridgehead atoms. The SMILES string of the molecule is CCC(C)OC(=O)c1ccc(C)c(S(=O)(=O)Cl)c1. The van der Waals surface area contributed by atoms with E-state index in [4.69, 9.17) is 15.4 Å². The normalized spacial score (nSPS) is 13.1. The molecule has 6 heteroatoms. The standard InChI is InChI=1S/C12H15ClO4S/c1-4-9(3)17-12(14)10-6-5-8(2)11(7-10)18(13,15)16/h5-7,9H,4H2,1-3H3. The monoisotopic (exact) mass is 290 g/mol. The van der Waals surface area contributed by atoms with Gasteiger partial charge in [0, 0.05) is 10.7 Å². The maximum atomic E-state index is 11.7. The van der Waals surface area contributed by atoms with Gasteiger partial charge in [0.25, 0.3) is 9.05 Å². The molecule has 0 fully saturated rings. The minimum atomic E-state index is -3.86. The third-order valence-electron chi connectivity index (χ3n) is 2.57. The molecular formula is C12H15ClO4S. The molecule has 0 aliphatic carbocycles. The third-order valence-corrected chi connectivity index (χ3v) is 4.03. The number of carbonyl (C=O) groups is 1. The molecule has 100 valence electrons. The molecule has 18 heavy (non-hydrogen) atoms. The number of aryl methyl sites for hydroxylation is 1. The van der Waals surface area contributed by atoms with Crippen LogP contribution in [0.3, 0.4) is 0 Å². The lowest BCUT2D eigenvalue weighted by Gasteiger charge is -2.11. The van der Waals surface area contributed by atoms with Crippen LogP contribution in [0.4, 0.5) is 0 Å². The lowest BCUT2D eigenvalue weighted by molar-refractivity contribution is 0.0334. The molecule has 0 amide bonds. The first kappa shape index (κ1) is 15.0. The van der Waals surface area contributed by atoms with Crippen molar-refractivity contribution in [2.24, 2.45) is 0 Å². The Morgan fingerprint density at radius 2 is 2.06 bits per heavy atom. The highest BCUT2D eigenvalue weighted by atomic mass is 35.7. The van der Waals surface area contributed by atoms with E-state index < -0.39 is 15.0 Å². The zero-order valence-electron chi connectivity index (χ0n) is 10.4. The molecule has 0 aliphatic rings. The van der Waals surface area contributed by atoms with Crippen LogP contribution in [-0.2, 0) is 13.8 Å². The summed E-state index contributed by atoms with van der Waals surface area (Å²) in [6.07, 6.45) is 0.480. The van der Waals surface area contributed by atoms with E-state index in [9.17, 15) is 13.2 Å². The summed E-state index contributed by atoms with van der Waals surface area (Å²) in [4.78, 5) is 11.7. The predicted octanol–water partition coefficient (Wildman–Crippen LogP) is 2.88. The van der Waals surface area contributed by atoms with E-state index in [-0.39, 0.29) is 16.6 Å². The van der Waals surface area contributed by atoms with Crippen LogP contribution in [0.25, 0.3) is 0 Å². The fourth-order valence-corrected chi connectivity index (χ4v) is 2.54. The molecular weight excluding hydrogens is 276 g/mol. The Bertz CT molecular complexity index is 551. The number of carbonyl (C=O) groups excluding carboxylic acids is 1. The summed E-state index contributed by atoms with van der Waals surface area (Å²) in [5.41, 5.74) is 0.671. The molecule has 0 radical (unpaired) electrons. The van der Waals surface area contributed by atoms with Gasteiger partial charge in [0.15, 0.2) is 0 Å². The van der Waals surface area contributed by atoms with Gasteiger partial charge in [-0.1, -0.05) is 13.0 Å². The average molecular weight is 291 g/mol. The molecule has 1 rings (SSSR count). The van der Waals surface area contributed by atoms with Gasteiger partial charge in [0.1, 0.15) is 0 Å². The van der Waals surface area contributed by atoms with Crippen molar-refractivity contribution in [3.05, 3.63) is 29.3 Å². The quantitative estimate of drug-likeness (QED) is 0.632. The topological polar surface area (TPSA) is 60.4 Å². The molecule has 0 aromatic heterocycles. The summed E-state index contributed by atoms with van der Waals surface area (Å²) < 4.78 is 27.8. The minimum absolute atomic E-state index is 0.0669. The summed E-state index contributed by atoms with van der Waals surface area (Å²) in [5.74, 6) is -0.550. The van der Waals surface area contributed by atoms with Crippen molar-refractivity contribution in [1.82, 2.24) is 0 Å². The molecule has 0 saturated heterocycles. The Labute approximate surface area is 111 Å². The van der Waals surface area contributed by atoms with Gasteiger partial charge < -0.3 is 4.74 Å². The first-order chi connectivity index (χ1) is 8.25. The third kappa shape index (κ3) is 3.71.